The molecule has 18 nitrogen and oxygen atoms in total. The molecule has 4 atom stereocenters. The molecule has 1 aromatic rings. The third kappa shape index (κ3) is 12.9. The van der Waals surface area contributed by atoms with Gasteiger partial charge < -0.3 is 53.5 Å². The third-order valence-corrected chi connectivity index (χ3v) is 5.18. The number of aliphatic carboxylic acids is 3. The molecule has 3 amide bonds. The maximum atomic E-state index is 13.0. The minimum absolute atomic E-state index is 0.0388. The number of carbonyl (C=O) groups is 6. The lowest BCUT2D eigenvalue weighted by Crippen LogP contribution is -2.57. The second-order valence-corrected chi connectivity index (χ2v) is 8.39. The number of guanidine groups is 1. The van der Waals surface area contributed by atoms with Crippen LogP contribution in [-0.2, 0) is 35.2 Å². The van der Waals surface area contributed by atoms with Crippen LogP contribution < -0.4 is 33.2 Å². The molecule has 0 aliphatic rings. The highest BCUT2D eigenvalue weighted by atomic mass is 16.4. The molecule has 0 fully saturated rings. The van der Waals surface area contributed by atoms with Gasteiger partial charge in [-0.2, -0.15) is 0 Å². The van der Waals surface area contributed by atoms with Gasteiger partial charge >= 0.3 is 17.9 Å². The Balaban J connectivity index is 3.02. The van der Waals surface area contributed by atoms with Crippen molar-refractivity contribution in [3.8, 4) is 0 Å². The van der Waals surface area contributed by atoms with E-state index in [-0.39, 0.29) is 31.8 Å². The van der Waals surface area contributed by atoms with Crippen LogP contribution in [0.15, 0.2) is 17.5 Å². The highest BCUT2D eigenvalue weighted by Crippen LogP contribution is 2.05. The van der Waals surface area contributed by atoms with Crippen LogP contribution in [0.1, 0.15) is 37.8 Å². The molecule has 0 aliphatic carbocycles. The van der Waals surface area contributed by atoms with E-state index < -0.39 is 79.1 Å². The van der Waals surface area contributed by atoms with Crippen molar-refractivity contribution in [1.82, 2.24) is 25.9 Å². The molecular weight excluding hydrogens is 522 g/mol. The van der Waals surface area contributed by atoms with Gasteiger partial charge in [-0.05, 0) is 19.3 Å². The van der Waals surface area contributed by atoms with Crippen molar-refractivity contribution in [2.45, 2.75) is 62.7 Å². The van der Waals surface area contributed by atoms with Crippen molar-refractivity contribution in [2.75, 3.05) is 6.54 Å². The topological polar surface area (TPSA) is 318 Å². The van der Waals surface area contributed by atoms with Crippen LogP contribution in [-0.4, -0.2) is 97.6 Å². The van der Waals surface area contributed by atoms with Crippen molar-refractivity contribution in [2.24, 2.45) is 22.2 Å². The molecule has 0 aliphatic heterocycles. The number of H-pyrrole nitrogens is 1. The molecule has 0 bridgehead atoms. The molecular formula is C21H33N9O9. The maximum absolute atomic E-state index is 13.0. The summed E-state index contributed by atoms with van der Waals surface area (Å²) in [5.74, 6) is -7.42. The molecule has 1 rings (SSSR count). The van der Waals surface area contributed by atoms with Gasteiger partial charge in [-0.15, -0.1) is 0 Å². The van der Waals surface area contributed by atoms with E-state index in [1.165, 1.54) is 12.5 Å². The number of rotatable bonds is 18. The van der Waals surface area contributed by atoms with Gasteiger partial charge in [-0.25, -0.2) is 9.78 Å². The summed E-state index contributed by atoms with van der Waals surface area (Å²) in [5, 5.41) is 33.9. The molecule has 0 aromatic carbocycles. The van der Waals surface area contributed by atoms with E-state index in [2.05, 4.69) is 25.6 Å². The Hall–Kier alpha value is -4.74. The number of carboxylic acid groups (broad SMARTS) is 3. The Morgan fingerprint density at radius 3 is 2.05 bits per heavy atom. The standard InChI is InChI=1S/C21H33N9O9/c22-11(6-10-8-25-9-27-10)17(35)28-12(2-1-5-26-21(23)24)18(36)30-14(7-16(33)34)19(37)29-13(20(38)39)3-4-15(31)32/h8-9,11-14H,1-7,22H2,(H,25,27)(H,28,35)(H,29,37)(H,30,36)(H,31,32)(H,33,34)(H,38,39)(H4,23,24,26). The van der Waals surface area contributed by atoms with Gasteiger partial charge in [0.05, 0.1) is 18.8 Å². The van der Waals surface area contributed by atoms with Crippen LogP contribution in [0.25, 0.3) is 0 Å². The predicted octanol–water partition coefficient (Wildman–Crippen LogP) is -3.79. The first-order chi connectivity index (χ1) is 18.3. The van der Waals surface area contributed by atoms with Crippen molar-refractivity contribution < 1.29 is 44.1 Å². The predicted molar refractivity (Wildman–Crippen MR) is 133 cm³/mol. The highest BCUT2D eigenvalue weighted by Gasteiger charge is 2.31. The Kier molecular flexibility index (Phi) is 13.4. The Morgan fingerprint density at radius 1 is 0.897 bits per heavy atom. The molecule has 216 valence electrons. The lowest BCUT2D eigenvalue weighted by Gasteiger charge is -2.24. The average Bonchev–Trinajstić information content (AvgIpc) is 3.35. The van der Waals surface area contributed by atoms with Gasteiger partial charge in [0.15, 0.2) is 5.96 Å². The summed E-state index contributed by atoms with van der Waals surface area (Å²) < 4.78 is 0. The van der Waals surface area contributed by atoms with Gasteiger partial charge in [-0.1, -0.05) is 0 Å². The van der Waals surface area contributed by atoms with Gasteiger partial charge in [-0.3, -0.25) is 29.0 Å². The summed E-state index contributed by atoms with van der Waals surface area (Å²) in [6, 6.07) is -5.80. The van der Waals surface area contributed by atoms with E-state index >= 15 is 0 Å². The number of carboxylic acids is 3. The number of amides is 3. The number of aromatic amines is 1. The number of carbonyl (C=O) groups excluding carboxylic acids is 3. The number of imidazole rings is 1. The Labute approximate surface area is 221 Å². The first-order valence-electron chi connectivity index (χ1n) is 11.7. The van der Waals surface area contributed by atoms with Crippen LogP contribution in [0, 0.1) is 0 Å². The summed E-state index contributed by atoms with van der Waals surface area (Å²) in [5.41, 5.74) is 17.0. The summed E-state index contributed by atoms with van der Waals surface area (Å²) in [4.78, 5) is 82.3. The van der Waals surface area contributed by atoms with Crippen molar-refractivity contribution in [3.05, 3.63) is 18.2 Å². The number of hydrogen-bond acceptors (Lipinski definition) is 9. The molecule has 0 radical (unpaired) electrons. The van der Waals surface area contributed by atoms with Crippen LogP contribution in [0.2, 0.25) is 0 Å². The molecule has 0 spiro atoms. The van der Waals surface area contributed by atoms with E-state index in [1.807, 2.05) is 5.32 Å². The van der Waals surface area contributed by atoms with Crippen LogP contribution in [0.4, 0.5) is 0 Å². The van der Waals surface area contributed by atoms with Crippen LogP contribution >= 0.6 is 0 Å². The minimum atomic E-state index is -1.75. The summed E-state index contributed by atoms with van der Waals surface area (Å²) in [6.45, 7) is 0.0884. The lowest BCUT2D eigenvalue weighted by molar-refractivity contribution is -0.144. The van der Waals surface area contributed by atoms with E-state index in [9.17, 15) is 39.0 Å². The first-order valence-corrected chi connectivity index (χ1v) is 11.7. The summed E-state index contributed by atoms with van der Waals surface area (Å²) in [6.07, 6.45) is 1.06. The number of hydrogen-bond donors (Lipinski definition) is 10. The van der Waals surface area contributed by atoms with E-state index in [1.54, 1.807) is 0 Å². The number of aromatic nitrogens is 2. The SMILES string of the molecule is NC(N)=NCCCC(NC(=O)C(N)Cc1cnc[nH]1)C(=O)NC(CC(=O)O)C(=O)NC(CCC(=O)O)C(=O)O. The molecule has 13 N–H and O–H groups in total. The van der Waals surface area contributed by atoms with Gasteiger partial charge in [0.25, 0.3) is 0 Å². The summed E-state index contributed by atoms with van der Waals surface area (Å²) >= 11 is 0. The highest BCUT2D eigenvalue weighted by molar-refractivity contribution is 5.95. The number of nitrogens with two attached hydrogens (primary N) is 3. The fourth-order valence-electron chi connectivity index (χ4n) is 3.23. The third-order valence-electron chi connectivity index (χ3n) is 5.18. The monoisotopic (exact) mass is 555 g/mol. The van der Waals surface area contributed by atoms with E-state index in [4.69, 9.17) is 22.3 Å². The smallest absolute Gasteiger partial charge is 0.326 e. The van der Waals surface area contributed by atoms with E-state index in [0.29, 0.717) is 5.69 Å². The van der Waals surface area contributed by atoms with E-state index in [0.717, 1.165) is 0 Å². The molecule has 0 saturated carbocycles. The van der Waals surface area contributed by atoms with Crippen molar-refractivity contribution >= 4 is 41.6 Å². The van der Waals surface area contributed by atoms with Crippen LogP contribution in [0.3, 0.4) is 0 Å². The lowest BCUT2D eigenvalue weighted by atomic mass is 10.1. The quantitative estimate of drug-likeness (QED) is 0.0472. The largest absolute Gasteiger partial charge is 0.481 e. The van der Waals surface area contributed by atoms with Gasteiger partial charge in [0, 0.05) is 31.3 Å². The molecule has 39 heavy (non-hydrogen) atoms. The fraction of sp³-hybridized carbons (Fsp3) is 0.524. The van der Waals surface area contributed by atoms with Gasteiger partial charge in [0.1, 0.15) is 18.1 Å². The van der Waals surface area contributed by atoms with Crippen molar-refractivity contribution in [1.29, 1.82) is 0 Å². The normalized spacial score (nSPS) is 13.7. The second kappa shape index (κ2) is 16.2. The summed E-state index contributed by atoms with van der Waals surface area (Å²) in [7, 11) is 0. The maximum Gasteiger partial charge on any atom is 0.326 e. The molecule has 1 heterocycles. The zero-order chi connectivity index (χ0) is 29.5. The number of nitrogens with one attached hydrogen (secondary N) is 4. The molecule has 1 aromatic heterocycles. The second-order valence-electron chi connectivity index (χ2n) is 8.39. The minimum Gasteiger partial charge on any atom is -0.481 e. The molecule has 18 heteroatoms. The number of nitrogens with zero attached hydrogens (tertiary/aromatic N) is 2. The molecule has 0 saturated heterocycles. The van der Waals surface area contributed by atoms with Crippen molar-refractivity contribution in [3.63, 3.8) is 0 Å². The zero-order valence-corrected chi connectivity index (χ0v) is 20.8. The van der Waals surface area contributed by atoms with Crippen LogP contribution in [0.5, 0.6) is 0 Å². The first kappa shape index (κ1) is 32.3. The fourth-order valence-corrected chi connectivity index (χ4v) is 3.23. The van der Waals surface area contributed by atoms with Gasteiger partial charge in [0.2, 0.25) is 17.7 Å². The Bertz CT molecular complexity index is 1040. The zero-order valence-electron chi connectivity index (χ0n) is 20.8. The number of aliphatic imine (C=N–C) groups is 1. The average molecular weight is 556 g/mol. The molecule has 4 unspecified atom stereocenters. The Morgan fingerprint density at radius 2 is 1.51 bits per heavy atom.